The van der Waals surface area contributed by atoms with Crippen LogP contribution in [0, 0.1) is 35.0 Å². The zero-order valence-electron chi connectivity index (χ0n) is 13.8. The number of hydrogen-bond donors (Lipinski definition) is 0. The number of ketones is 1. The van der Waals surface area contributed by atoms with Crippen molar-refractivity contribution in [2.75, 3.05) is 0 Å². The predicted molar refractivity (Wildman–Crippen MR) is 83.4 cm³/mol. The molecule has 27 heavy (non-hydrogen) atoms. The number of carbonyl (C=O) groups is 2. The van der Waals surface area contributed by atoms with Crippen LogP contribution in [-0.4, -0.2) is 11.8 Å². The summed E-state index contributed by atoms with van der Waals surface area (Å²) in [7, 11) is 0. The highest BCUT2D eigenvalue weighted by molar-refractivity contribution is 5.85. The average Bonchev–Trinajstić information content (AvgIpc) is 2.68. The number of carbonyl (C=O) groups excluding carboxylic acids is 2. The van der Waals surface area contributed by atoms with Gasteiger partial charge in [-0.15, -0.1) is 0 Å². The molecule has 0 bridgehead atoms. The van der Waals surface area contributed by atoms with Gasteiger partial charge in [0.2, 0.25) is 34.8 Å². The molecule has 3 rings (SSSR count). The SMILES string of the molecule is O=C1CCC(C(=O)Oc2c(F)c(F)c(F)c(F)c2F)C(c2ccccc2)C1. The van der Waals surface area contributed by atoms with Gasteiger partial charge >= 0.3 is 5.97 Å². The quantitative estimate of drug-likeness (QED) is 0.258. The Balaban J connectivity index is 1.92. The standard InChI is InChI=1S/C19H13F5O3/c20-13-14(21)16(23)18(17(24)15(13)22)27-19(26)11-7-6-10(25)8-12(11)9-4-2-1-3-5-9/h1-5,11-12H,6-8H2. The molecule has 0 spiro atoms. The van der Waals surface area contributed by atoms with Crippen molar-refractivity contribution in [2.24, 2.45) is 5.92 Å². The van der Waals surface area contributed by atoms with E-state index in [0.29, 0.717) is 5.56 Å². The van der Waals surface area contributed by atoms with Gasteiger partial charge in [-0.1, -0.05) is 30.3 Å². The summed E-state index contributed by atoms with van der Waals surface area (Å²) in [6.45, 7) is 0. The van der Waals surface area contributed by atoms with Crippen LogP contribution in [0.4, 0.5) is 22.0 Å². The van der Waals surface area contributed by atoms with E-state index in [-0.39, 0.29) is 25.0 Å². The molecule has 1 aliphatic carbocycles. The third-order valence-corrected chi connectivity index (χ3v) is 4.57. The Morgan fingerprint density at radius 1 is 0.889 bits per heavy atom. The number of benzene rings is 2. The molecular formula is C19H13F5O3. The number of Topliss-reactive ketones (excluding diaryl/α,β-unsaturated/α-hetero) is 1. The molecule has 1 fully saturated rings. The molecule has 0 radical (unpaired) electrons. The van der Waals surface area contributed by atoms with Crippen LogP contribution in [0.2, 0.25) is 0 Å². The molecule has 0 heterocycles. The Kier molecular flexibility index (Phi) is 5.25. The number of esters is 1. The Morgan fingerprint density at radius 2 is 1.44 bits per heavy atom. The van der Waals surface area contributed by atoms with Crippen LogP contribution in [0.3, 0.4) is 0 Å². The minimum absolute atomic E-state index is 0.0148. The highest BCUT2D eigenvalue weighted by Gasteiger charge is 2.38. The first kappa shape index (κ1) is 19.0. The summed E-state index contributed by atoms with van der Waals surface area (Å²) in [5.74, 6) is -15.6. The number of halogens is 5. The largest absolute Gasteiger partial charge is 0.420 e. The summed E-state index contributed by atoms with van der Waals surface area (Å²) in [4.78, 5) is 24.3. The van der Waals surface area contributed by atoms with Gasteiger partial charge in [0.15, 0.2) is 0 Å². The van der Waals surface area contributed by atoms with Crippen molar-refractivity contribution in [3.8, 4) is 5.75 Å². The lowest BCUT2D eigenvalue weighted by atomic mass is 9.75. The van der Waals surface area contributed by atoms with Gasteiger partial charge in [-0.3, -0.25) is 9.59 Å². The van der Waals surface area contributed by atoms with Crippen LogP contribution in [0.1, 0.15) is 30.7 Å². The second-order valence-electron chi connectivity index (χ2n) is 6.23. The second-order valence-corrected chi connectivity index (χ2v) is 6.23. The van der Waals surface area contributed by atoms with Gasteiger partial charge in [0, 0.05) is 18.8 Å². The van der Waals surface area contributed by atoms with Crippen molar-refractivity contribution in [3.05, 3.63) is 65.0 Å². The highest BCUT2D eigenvalue weighted by Crippen LogP contribution is 2.38. The van der Waals surface area contributed by atoms with E-state index in [1.165, 1.54) is 0 Å². The van der Waals surface area contributed by atoms with Gasteiger partial charge in [0.1, 0.15) is 5.78 Å². The van der Waals surface area contributed by atoms with E-state index < -0.39 is 52.6 Å². The van der Waals surface area contributed by atoms with Gasteiger partial charge in [0.25, 0.3) is 0 Å². The number of hydrogen-bond acceptors (Lipinski definition) is 3. The topological polar surface area (TPSA) is 43.4 Å². The molecule has 1 aliphatic rings. The van der Waals surface area contributed by atoms with Crippen molar-refractivity contribution >= 4 is 11.8 Å². The van der Waals surface area contributed by atoms with E-state index in [9.17, 15) is 31.5 Å². The van der Waals surface area contributed by atoms with E-state index in [1.54, 1.807) is 30.3 Å². The van der Waals surface area contributed by atoms with Crippen LogP contribution >= 0.6 is 0 Å². The molecule has 2 aromatic rings. The van der Waals surface area contributed by atoms with Crippen molar-refractivity contribution in [3.63, 3.8) is 0 Å². The van der Waals surface area contributed by atoms with Crippen LogP contribution in [-0.2, 0) is 9.59 Å². The Morgan fingerprint density at radius 3 is 2.04 bits per heavy atom. The van der Waals surface area contributed by atoms with Gasteiger partial charge in [-0.25, -0.2) is 13.2 Å². The monoisotopic (exact) mass is 384 g/mol. The summed E-state index contributed by atoms with van der Waals surface area (Å²) in [5, 5.41) is 0. The molecule has 8 heteroatoms. The second kappa shape index (κ2) is 7.46. The Hall–Kier alpha value is -2.77. The van der Waals surface area contributed by atoms with E-state index in [2.05, 4.69) is 4.74 Å². The molecule has 3 nitrogen and oxygen atoms in total. The fourth-order valence-electron chi connectivity index (χ4n) is 3.19. The van der Waals surface area contributed by atoms with E-state index in [4.69, 9.17) is 0 Å². The summed E-state index contributed by atoms with van der Waals surface area (Å²) in [6, 6.07) is 8.49. The van der Waals surface area contributed by atoms with E-state index in [1.807, 2.05) is 0 Å². The molecule has 0 saturated heterocycles. The minimum Gasteiger partial charge on any atom is -0.420 e. The van der Waals surface area contributed by atoms with Crippen LogP contribution < -0.4 is 4.74 Å². The Labute approximate surface area is 150 Å². The van der Waals surface area contributed by atoms with E-state index >= 15 is 0 Å². The fourth-order valence-corrected chi connectivity index (χ4v) is 3.19. The molecule has 0 N–H and O–H groups in total. The maximum absolute atomic E-state index is 13.8. The van der Waals surface area contributed by atoms with Crippen molar-refractivity contribution < 1.29 is 36.3 Å². The first-order valence-electron chi connectivity index (χ1n) is 8.11. The van der Waals surface area contributed by atoms with Crippen LogP contribution in [0.5, 0.6) is 5.75 Å². The third kappa shape index (κ3) is 3.56. The van der Waals surface area contributed by atoms with Crippen molar-refractivity contribution in [1.29, 1.82) is 0 Å². The normalized spacial score (nSPS) is 19.8. The molecule has 142 valence electrons. The highest BCUT2D eigenvalue weighted by atomic mass is 19.2. The molecule has 1 saturated carbocycles. The first-order chi connectivity index (χ1) is 12.8. The van der Waals surface area contributed by atoms with Gasteiger partial charge in [0.05, 0.1) is 5.92 Å². The van der Waals surface area contributed by atoms with Crippen LogP contribution in [0.25, 0.3) is 0 Å². The lowest BCUT2D eigenvalue weighted by Crippen LogP contribution is -2.32. The smallest absolute Gasteiger partial charge is 0.315 e. The zero-order chi connectivity index (χ0) is 19.7. The lowest BCUT2D eigenvalue weighted by Gasteiger charge is -2.29. The average molecular weight is 384 g/mol. The predicted octanol–water partition coefficient (Wildman–Crippen LogP) is 4.44. The number of ether oxygens (including phenoxy) is 1. The van der Waals surface area contributed by atoms with Gasteiger partial charge in [-0.2, -0.15) is 8.78 Å². The van der Waals surface area contributed by atoms with Gasteiger partial charge < -0.3 is 4.74 Å². The summed E-state index contributed by atoms with van der Waals surface area (Å²) in [6.07, 6.45) is 0.119. The van der Waals surface area contributed by atoms with Crippen LogP contribution in [0.15, 0.2) is 30.3 Å². The van der Waals surface area contributed by atoms with Crippen molar-refractivity contribution in [2.45, 2.75) is 25.2 Å². The fraction of sp³-hybridized carbons (Fsp3) is 0.263. The zero-order valence-corrected chi connectivity index (χ0v) is 13.8. The van der Waals surface area contributed by atoms with Crippen molar-refractivity contribution in [1.82, 2.24) is 0 Å². The summed E-state index contributed by atoms with van der Waals surface area (Å²) >= 11 is 0. The maximum atomic E-state index is 13.8. The molecule has 0 amide bonds. The molecule has 0 aromatic heterocycles. The molecular weight excluding hydrogens is 371 g/mol. The lowest BCUT2D eigenvalue weighted by molar-refractivity contribution is -0.142. The molecule has 0 aliphatic heterocycles. The molecule has 2 aromatic carbocycles. The third-order valence-electron chi connectivity index (χ3n) is 4.57. The number of rotatable bonds is 3. The minimum atomic E-state index is -2.34. The summed E-state index contributed by atoms with van der Waals surface area (Å²) < 4.78 is 71.8. The molecule has 2 atom stereocenters. The summed E-state index contributed by atoms with van der Waals surface area (Å²) in [5.41, 5.74) is 0.643. The first-order valence-corrected chi connectivity index (χ1v) is 8.11. The van der Waals surface area contributed by atoms with Gasteiger partial charge in [-0.05, 0) is 12.0 Å². The Bertz CT molecular complexity index is 869. The maximum Gasteiger partial charge on any atom is 0.315 e. The van der Waals surface area contributed by atoms with E-state index in [0.717, 1.165) is 0 Å². The molecule has 2 unspecified atom stereocenters.